The van der Waals surface area contributed by atoms with E-state index in [9.17, 15) is 4.79 Å². The third-order valence-corrected chi connectivity index (χ3v) is 2.89. The second-order valence-electron chi connectivity index (χ2n) is 4.89. The Morgan fingerprint density at radius 3 is 2.58 bits per heavy atom. The summed E-state index contributed by atoms with van der Waals surface area (Å²) in [4.78, 5) is 11.8. The van der Waals surface area contributed by atoms with E-state index in [1.807, 2.05) is 31.2 Å². The quantitative estimate of drug-likeness (QED) is 0.794. The van der Waals surface area contributed by atoms with Gasteiger partial charge < -0.3 is 15.4 Å². The Bertz CT molecular complexity index is 405. The van der Waals surface area contributed by atoms with Gasteiger partial charge in [-0.15, -0.1) is 0 Å². The first kappa shape index (κ1) is 15.5. The molecule has 1 aromatic carbocycles. The summed E-state index contributed by atoms with van der Waals surface area (Å²) in [7, 11) is 1.64. The van der Waals surface area contributed by atoms with Gasteiger partial charge in [0, 0.05) is 24.6 Å². The van der Waals surface area contributed by atoms with Gasteiger partial charge >= 0.3 is 0 Å². The molecule has 0 saturated heterocycles. The molecule has 2 N–H and O–H groups in total. The third kappa shape index (κ3) is 5.30. The summed E-state index contributed by atoms with van der Waals surface area (Å²) in [6.45, 7) is 6.79. The molecule has 0 aliphatic heterocycles. The number of methoxy groups -OCH3 is 1. The highest BCUT2D eigenvalue weighted by molar-refractivity contribution is 5.76. The van der Waals surface area contributed by atoms with Gasteiger partial charge in [0.25, 0.3) is 0 Å². The minimum absolute atomic E-state index is 0.0477. The summed E-state index contributed by atoms with van der Waals surface area (Å²) in [5.41, 5.74) is 0.996. The maximum Gasteiger partial charge on any atom is 0.221 e. The number of ether oxygens (including phenoxy) is 1. The molecule has 4 heteroatoms. The van der Waals surface area contributed by atoms with Crippen LogP contribution in [0, 0.1) is 0 Å². The molecule has 1 atom stereocenters. The first-order valence-electron chi connectivity index (χ1n) is 6.70. The fraction of sp³-hybridized carbons (Fsp3) is 0.533. The van der Waals surface area contributed by atoms with Crippen molar-refractivity contribution in [3.8, 4) is 5.75 Å². The minimum atomic E-state index is -0.0531. The van der Waals surface area contributed by atoms with Gasteiger partial charge in [0.1, 0.15) is 5.75 Å². The van der Waals surface area contributed by atoms with Crippen molar-refractivity contribution < 1.29 is 9.53 Å². The van der Waals surface area contributed by atoms with Gasteiger partial charge in [-0.05, 0) is 13.0 Å². The average Bonchev–Trinajstić information content (AvgIpc) is 2.38. The zero-order valence-corrected chi connectivity index (χ0v) is 12.2. The maximum absolute atomic E-state index is 11.8. The maximum atomic E-state index is 11.8. The molecule has 0 fully saturated rings. The molecule has 0 heterocycles. The lowest BCUT2D eigenvalue weighted by atomic mass is 10.1. The minimum Gasteiger partial charge on any atom is -0.496 e. The Morgan fingerprint density at radius 2 is 1.95 bits per heavy atom. The molecule has 106 valence electrons. The highest BCUT2D eigenvalue weighted by Crippen LogP contribution is 2.24. The van der Waals surface area contributed by atoms with Crippen LogP contribution in [0.1, 0.15) is 38.8 Å². The van der Waals surface area contributed by atoms with E-state index in [0.29, 0.717) is 19.0 Å². The summed E-state index contributed by atoms with van der Waals surface area (Å²) in [5, 5.41) is 6.21. The third-order valence-electron chi connectivity index (χ3n) is 2.89. The van der Waals surface area contributed by atoms with Gasteiger partial charge in [-0.2, -0.15) is 0 Å². The molecule has 0 aliphatic carbocycles. The largest absolute Gasteiger partial charge is 0.496 e. The molecule has 1 rings (SSSR count). The zero-order chi connectivity index (χ0) is 14.3. The monoisotopic (exact) mass is 264 g/mol. The number of rotatable bonds is 7. The molecule has 19 heavy (non-hydrogen) atoms. The van der Waals surface area contributed by atoms with Crippen LogP contribution in [-0.4, -0.2) is 25.6 Å². The van der Waals surface area contributed by atoms with Crippen molar-refractivity contribution in [2.75, 3.05) is 13.7 Å². The van der Waals surface area contributed by atoms with Crippen molar-refractivity contribution in [1.29, 1.82) is 0 Å². The SMILES string of the molecule is COc1ccccc1C(C)NC(=O)CCNC(C)C. The molecule has 4 nitrogen and oxygen atoms in total. The Balaban J connectivity index is 2.49. The predicted octanol–water partition coefficient (Wildman–Crippen LogP) is 2.26. The number of benzene rings is 1. The lowest BCUT2D eigenvalue weighted by Crippen LogP contribution is -2.32. The van der Waals surface area contributed by atoms with Gasteiger partial charge in [0.15, 0.2) is 0 Å². The van der Waals surface area contributed by atoms with Gasteiger partial charge in [-0.1, -0.05) is 32.0 Å². The Kier molecular flexibility index (Phi) is 6.36. The highest BCUT2D eigenvalue weighted by atomic mass is 16.5. The number of carbonyl (C=O) groups excluding carboxylic acids is 1. The number of hydrogen-bond donors (Lipinski definition) is 2. The first-order chi connectivity index (χ1) is 9.04. The Morgan fingerprint density at radius 1 is 1.26 bits per heavy atom. The number of nitrogens with one attached hydrogen (secondary N) is 2. The van der Waals surface area contributed by atoms with Crippen molar-refractivity contribution in [1.82, 2.24) is 10.6 Å². The Hall–Kier alpha value is -1.55. The molecule has 0 aliphatic rings. The smallest absolute Gasteiger partial charge is 0.221 e. The zero-order valence-electron chi connectivity index (χ0n) is 12.2. The van der Waals surface area contributed by atoms with E-state index in [1.54, 1.807) is 7.11 Å². The van der Waals surface area contributed by atoms with Crippen LogP contribution >= 0.6 is 0 Å². The normalized spacial score (nSPS) is 12.3. The highest BCUT2D eigenvalue weighted by Gasteiger charge is 2.13. The van der Waals surface area contributed by atoms with Crippen LogP contribution in [-0.2, 0) is 4.79 Å². The van der Waals surface area contributed by atoms with Crippen LogP contribution in [0.25, 0.3) is 0 Å². The lowest BCUT2D eigenvalue weighted by Gasteiger charge is -2.17. The van der Waals surface area contributed by atoms with E-state index in [2.05, 4.69) is 24.5 Å². The summed E-state index contributed by atoms with van der Waals surface area (Å²) < 4.78 is 5.30. The van der Waals surface area contributed by atoms with Crippen molar-refractivity contribution in [2.24, 2.45) is 0 Å². The lowest BCUT2D eigenvalue weighted by molar-refractivity contribution is -0.121. The van der Waals surface area contributed by atoms with Crippen LogP contribution in [0.2, 0.25) is 0 Å². The second-order valence-corrected chi connectivity index (χ2v) is 4.89. The predicted molar refractivity (Wildman–Crippen MR) is 77.3 cm³/mol. The molecular weight excluding hydrogens is 240 g/mol. The van der Waals surface area contributed by atoms with E-state index in [-0.39, 0.29) is 11.9 Å². The van der Waals surface area contributed by atoms with Crippen molar-refractivity contribution in [3.63, 3.8) is 0 Å². The number of hydrogen-bond acceptors (Lipinski definition) is 3. The van der Waals surface area contributed by atoms with Gasteiger partial charge in [-0.25, -0.2) is 0 Å². The Labute approximate surface area is 115 Å². The molecule has 0 spiro atoms. The first-order valence-corrected chi connectivity index (χ1v) is 6.70. The van der Waals surface area contributed by atoms with E-state index in [1.165, 1.54) is 0 Å². The second kappa shape index (κ2) is 7.79. The van der Waals surface area contributed by atoms with Crippen LogP contribution in [0.15, 0.2) is 24.3 Å². The van der Waals surface area contributed by atoms with E-state index < -0.39 is 0 Å². The molecule has 0 saturated carbocycles. The van der Waals surface area contributed by atoms with Crippen LogP contribution < -0.4 is 15.4 Å². The summed E-state index contributed by atoms with van der Waals surface area (Å²) in [6, 6.07) is 8.08. The molecule has 0 aromatic heterocycles. The van der Waals surface area contributed by atoms with Crippen molar-refractivity contribution >= 4 is 5.91 Å². The number of para-hydroxylation sites is 1. The van der Waals surface area contributed by atoms with Gasteiger partial charge in [0.2, 0.25) is 5.91 Å². The van der Waals surface area contributed by atoms with Crippen molar-refractivity contribution in [3.05, 3.63) is 29.8 Å². The van der Waals surface area contributed by atoms with Crippen LogP contribution in [0.4, 0.5) is 0 Å². The summed E-state index contributed by atoms with van der Waals surface area (Å²) >= 11 is 0. The topological polar surface area (TPSA) is 50.4 Å². The molecular formula is C15H24N2O2. The molecule has 0 bridgehead atoms. The summed E-state index contributed by atoms with van der Waals surface area (Å²) in [6.07, 6.45) is 0.484. The molecule has 1 aromatic rings. The van der Waals surface area contributed by atoms with Gasteiger partial charge in [-0.3, -0.25) is 4.79 Å². The van der Waals surface area contributed by atoms with E-state index >= 15 is 0 Å². The van der Waals surface area contributed by atoms with E-state index in [0.717, 1.165) is 11.3 Å². The average molecular weight is 264 g/mol. The summed E-state index contributed by atoms with van der Waals surface area (Å²) in [5.74, 6) is 0.849. The van der Waals surface area contributed by atoms with Crippen LogP contribution in [0.3, 0.4) is 0 Å². The number of amides is 1. The van der Waals surface area contributed by atoms with E-state index in [4.69, 9.17) is 4.74 Å². The van der Waals surface area contributed by atoms with Gasteiger partial charge in [0.05, 0.1) is 13.2 Å². The van der Waals surface area contributed by atoms with Crippen LogP contribution in [0.5, 0.6) is 5.75 Å². The standard InChI is InChI=1S/C15H24N2O2/c1-11(2)16-10-9-15(18)17-12(3)13-7-5-6-8-14(13)19-4/h5-8,11-12,16H,9-10H2,1-4H3,(H,17,18). The molecule has 0 radical (unpaired) electrons. The molecule has 1 unspecified atom stereocenters. The fourth-order valence-electron chi connectivity index (χ4n) is 1.89. The molecule has 1 amide bonds. The fourth-order valence-corrected chi connectivity index (χ4v) is 1.89. The number of carbonyl (C=O) groups is 1. The van der Waals surface area contributed by atoms with Crippen molar-refractivity contribution in [2.45, 2.75) is 39.3 Å².